The number of carboxylic acids is 1. The Morgan fingerprint density at radius 1 is 1.44 bits per heavy atom. The number of aromatic carboxylic acids is 1. The zero-order valence-electron chi connectivity index (χ0n) is 10.2. The Balaban J connectivity index is 3.07. The number of nitrogens with one attached hydrogen (secondary N) is 1. The summed E-state index contributed by atoms with van der Waals surface area (Å²) in [6, 6.07) is 4.58. The highest BCUT2D eigenvalue weighted by atomic mass is 79.9. The molecule has 0 fully saturated rings. The van der Waals surface area contributed by atoms with Gasteiger partial charge >= 0.3 is 5.97 Å². The summed E-state index contributed by atoms with van der Waals surface area (Å²) in [6.45, 7) is 3.57. The van der Waals surface area contributed by atoms with E-state index in [0.29, 0.717) is 4.47 Å². The van der Waals surface area contributed by atoms with E-state index in [1.165, 1.54) is 6.07 Å². The van der Waals surface area contributed by atoms with Gasteiger partial charge in [-0.2, -0.15) is 0 Å². The molecule has 1 rings (SSSR count). The normalized spacial score (nSPS) is 11.1. The van der Waals surface area contributed by atoms with Gasteiger partial charge in [0.25, 0.3) is 0 Å². The molecule has 5 nitrogen and oxygen atoms in total. The van der Waals surface area contributed by atoms with Gasteiger partial charge < -0.3 is 16.2 Å². The minimum Gasteiger partial charge on any atom is -0.478 e. The third-order valence-corrected chi connectivity index (χ3v) is 3.08. The molecule has 6 heteroatoms. The Hall–Kier alpha value is -1.40. The molecule has 0 aliphatic rings. The first-order valence-corrected chi connectivity index (χ1v) is 6.11. The molecule has 0 atom stereocenters. The summed E-state index contributed by atoms with van der Waals surface area (Å²) < 4.78 is 0.688. The van der Waals surface area contributed by atoms with E-state index >= 15 is 0 Å². The number of carbonyl (C=O) groups is 2. The van der Waals surface area contributed by atoms with Crippen LogP contribution in [0.4, 0.5) is 5.69 Å². The number of carbonyl (C=O) groups excluding carboxylic acids is 1. The summed E-state index contributed by atoms with van der Waals surface area (Å²) >= 11 is 3.23. The summed E-state index contributed by atoms with van der Waals surface area (Å²) in [5, 5.41) is 11.6. The van der Waals surface area contributed by atoms with Crippen LogP contribution in [-0.4, -0.2) is 23.5 Å². The van der Waals surface area contributed by atoms with Crippen molar-refractivity contribution in [3.05, 3.63) is 28.2 Å². The molecule has 4 N–H and O–H groups in total. The van der Waals surface area contributed by atoms with Crippen LogP contribution in [0, 0.1) is 5.41 Å². The molecule has 0 saturated heterocycles. The van der Waals surface area contributed by atoms with E-state index in [2.05, 4.69) is 21.2 Å². The third-order valence-electron chi connectivity index (χ3n) is 2.59. The van der Waals surface area contributed by atoms with Crippen molar-refractivity contribution in [2.24, 2.45) is 11.1 Å². The van der Waals surface area contributed by atoms with E-state index in [1.54, 1.807) is 26.0 Å². The average Bonchev–Trinajstić information content (AvgIpc) is 2.28. The zero-order valence-corrected chi connectivity index (χ0v) is 11.7. The van der Waals surface area contributed by atoms with E-state index in [4.69, 9.17) is 10.8 Å². The van der Waals surface area contributed by atoms with Crippen LogP contribution < -0.4 is 11.1 Å². The van der Waals surface area contributed by atoms with Gasteiger partial charge in [0.1, 0.15) is 0 Å². The number of nitrogens with two attached hydrogens (primary N) is 1. The average molecular weight is 315 g/mol. The van der Waals surface area contributed by atoms with Crippen molar-refractivity contribution in [2.75, 3.05) is 11.9 Å². The van der Waals surface area contributed by atoms with E-state index < -0.39 is 11.4 Å². The van der Waals surface area contributed by atoms with Gasteiger partial charge in [-0.15, -0.1) is 0 Å². The number of hydrogen-bond acceptors (Lipinski definition) is 3. The highest BCUT2D eigenvalue weighted by molar-refractivity contribution is 9.10. The van der Waals surface area contributed by atoms with Crippen LogP contribution in [0.5, 0.6) is 0 Å². The van der Waals surface area contributed by atoms with Crippen molar-refractivity contribution in [2.45, 2.75) is 13.8 Å². The molecule has 1 amide bonds. The van der Waals surface area contributed by atoms with Gasteiger partial charge in [0.15, 0.2) is 0 Å². The van der Waals surface area contributed by atoms with Crippen molar-refractivity contribution >= 4 is 33.5 Å². The summed E-state index contributed by atoms with van der Waals surface area (Å²) in [4.78, 5) is 23.0. The first kappa shape index (κ1) is 14.7. The molecule has 1 aromatic rings. The van der Waals surface area contributed by atoms with Crippen LogP contribution in [-0.2, 0) is 4.79 Å². The van der Waals surface area contributed by atoms with Crippen molar-refractivity contribution in [3.63, 3.8) is 0 Å². The zero-order chi connectivity index (χ0) is 13.9. The topological polar surface area (TPSA) is 92.4 Å². The standard InChI is InChI=1S/C12H15BrN2O3/c1-12(2,6-14)11(18)15-9-5-7(13)3-4-8(9)10(16)17/h3-5H,6,14H2,1-2H3,(H,15,18)(H,16,17). The molecule has 0 heterocycles. The summed E-state index contributed by atoms with van der Waals surface area (Å²) in [6.07, 6.45) is 0. The molecule has 0 unspecified atom stereocenters. The van der Waals surface area contributed by atoms with Gasteiger partial charge in [-0.05, 0) is 32.0 Å². The molecular formula is C12H15BrN2O3. The Kier molecular flexibility index (Phi) is 4.48. The Labute approximate surface area is 113 Å². The maximum absolute atomic E-state index is 12.0. The second kappa shape index (κ2) is 5.49. The lowest BCUT2D eigenvalue weighted by Gasteiger charge is -2.22. The van der Waals surface area contributed by atoms with Gasteiger partial charge in [-0.1, -0.05) is 15.9 Å². The lowest BCUT2D eigenvalue weighted by atomic mass is 9.92. The molecule has 0 aliphatic heterocycles. The predicted molar refractivity (Wildman–Crippen MR) is 72.6 cm³/mol. The Morgan fingerprint density at radius 3 is 2.56 bits per heavy atom. The lowest BCUT2D eigenvalue weighted by Crippen LogP contribution is -2.37. The number of hydrogen-bond donors (Lipinski definition) is 3. The number of amides is 1. The number of benzene rings is 1. The van der Waals surface area contributed by atoms with Gasteiger partial charge in [-0.25, -0.2) is 4.79 Å². The second-order valence-electron chi connectivity index (χ2n) is 4.54. The quantitative estimate of drug-likeness (QED) is 0.793. The largest absolute Gasteiger partial charge is 0.478 e. The second-order valence-corrected chi connectivity index (χ2v) is 5.45. The van der Waals surface area contributed by atoms with Gasteiger partial charge in [-0.3, -0.25) is 4.79 Å². The maximum atomic E-state index is 12.0. The van der Waals surface area contributed by atoms with Crippen LogP contribution in [0.25, 0.3) is 0 Å². The molecule has 0 saturated carbocycles. The fourth-order valence-corrected chi connectivity index (χ4v) is 1.55. The SMILES string of the molecule is CC(C)(CN)C(=O)Nc1cc(Br)ccc1C(=O)O. The molecule has 0 radical (unpaired) electrons. The minimum atomic E-state index is -1.09. The van der Waals surface area contributed by atoms with Crippen molar-refractivity contribution < 1.29 is 14.7 Å². The molecule has 98 valence electrons. The van der Waals surface area contributed by atoms with Crippen LogP contribution in [0.2, 0.25) is 0 Å². The number of carboxylic acid groups (broad SMARTS) is 1. The number of anilines is 1. The van der Waals surface area contributed by atoms with Crippen LogP contribution in [0.3, 0.4) is 0 Å². The van der Waals surface area contributed by atoms with Crippen LogP contribution >= 0.6 is 15.9 Å². The summed E-state index contributed by atoms with van der Waals surface area (Å²) in [7, 11) is 0. The molecule has 18 heavy (non-hydrogen) atoms. The van der Waals surface area contributed by atoms with Gasteiger partial charge in [0, 0.05) is 11.0 Å². The van der Waals surface area contributed by atoms with Crippen molar-refractivity contribution in [1.29, 1.82) is 0 Å². The van der Waals surface area contributed by atoms with Crippen LogP contribution in [0.15, 0.2) is 22.7 Å². The van der Waals surface area contributed by atoms with Crippen LogP contribution in [0.1, 0.15) is 24.2 Å². The third kappa shape index (κ3) is 3.30. The first-order chi connectivity index (χ1) is 8.27. The fourth-order valence-electron chi connectivity index (χ4n) is 1.19. The summed E-state index contributed by atoms with van der Waals surface area (Å²) in [5.74, 6) is -1.41. The van der Waals surface area contributed by atoms with E-state index in [1.807, 2.05) is 0 Å². The monoisotopic (exact) mass is 314 g/mol. The highest BCUT2D eigenvalue weighted by Crippen LogP contribution is 2.24. The van der Waals surface area contributed by atoms with E-state index in [9.17, 15) is 9.59 Å². The maximum Gasteiger partial charge on any atom is 0.337 e. The molecule has 0 spiro atoms. The number of rotatable bonds is 4. The molecule has 0 bridgehead atoms. The lowest BCUT2D eigenvalue weighted by molar-refractivity contribution is -0.123. The van der Waals surface area contributed by atoms with Gasteiger partial charge in [0.2, 0.25) is 5.91 Å². The van der Waals surface area contributed by atoms with Crippen molar-refractivity contribution in [3.8, 4) is 0 Å². The predicted octanol–water partition coefficient (Wildman–Crippen LogP) is 2.07. The minimum absolute atomic E-state index is 0.0411. The van der Waals surface area contributed by atoms with Crippen molar-refractivity contribution in [1.82, 2.24) is 0 Å². The first-order valence-electron chi connectivity index (χ1n) is 5.32. The Bertz CT molecular complexity index is 486. The smallest absolute Gasteiger partial charge is 0.337 e. The molecule has 0 aromatic heterocycles. The van der Waals surface area contributed by atoms with E-state index in [0.717, 1.165) is 0 Å². The molecule has 0 aliphatic carbocycles. The highest BCUT2D eigenvalue weighted by Gasteiger charge is 2.27. The molecular weight excluding hydrogens is 300 g/mol. The van der Waals surface area contributed by atoms with E-state index in [-0.39, 0.29) is 23.7 Å². The summed E-state index contributed by atoms with van der Waals surface area (Å²) in [5.41, 5.74) is 5.04. The number of halogens is 1. The van der Waals surface area contributed by atoms with Gasteiger partial charge in [0.05, 0.1) is 16.7 Å². The Morgan fingerprint density at radius 2 is 2.06 bits per heavy atom. The fraction of sp³-hybridized carbons (Fsp3) is 0.333. The molecule has 1 aromatic carbocycles.